The summed E-state index contributed by atoms with van der Waals surface area (Å²) in [5.74, 6) is -0.893. The van der Waals surface area contributed by atoms with Crippen molar-refractivity contribution in [3.05, 3.63) is 97.2 Å². The van der Waals surface area contributed by atoms with Gasteiger partial charge in [0.05, 0.1) is 0 Å². The van der Waals surface area contributed by atoms with Crippen LogP contribution in [0, 0.1) is 0 Å². The molecule has 6 nitrogen and oxygen atoms in total. The molecule has 0 spiro atoms. The van der Waals surface area contributed by atoms with Crippen molar-refractivity contribution in [2.45, 2.75) is 354 Å². The number of carbonyl (C=O) groups is 3. The van der Waals surface area contributed by atoms with E-state index >= 15 is 0 Å². The SMILES string of the molecule is CCCC/C=C\C/C=C\CCCCCCCC(=O)OCC(COC(=O)CCCCCCCCCCCC/C=C\C/C=C\C/C=C\CCCCCCC)OC(=O)CCCCCCCCCCCC/C=C\C/C=C\C/C=C\CCCCCCC. The van der Waals surface area contributed by atoms with Crippen LogP contribution in [-0.2, 0) is 28.6 Å². The van der Waals surface area contributed by atoms with E-state index in [1.165, 1.54) is 199 Å². The number of hydrogen-bond acceptors (Lipinski definition) is 6. The molecule has 1 unspecified atom stereocenters. The summed E-state index contributed by atoms with van der Waals surface area (Å²) < 4.78 is 17.0. The van der Waals surface area contributed by atoms with Gasteiger partial charge in [-0.1, -0.05) is 304 Å². The van der Waals surface area contributed by atoms with Crippen molar-refractivity contribution in [3.8, 4) is 0 Å². The van der Waals surface area contributed by atoms with E-state index in [1.807, 2.05) is 0 Å². The molecule has 0 aliphatic rings. The molecule has 0 N–H and O–H groups in total. The van der Waals surface area contributed by atoms with E-state index in [0.29, 0.717) is 19.3 Å². The van der Waals surface area contributed by atoms with Gasteiger partial charge in [0.2, 0.25) is 0 Å². The van der Waals surface area contributed by atoms with Crippen LogP contribution in [0.15, 0.2) is 97.2 Å². The number of carbonyl (C=O) groups excluding carboxylic acids is 3. The Hall–Kier alpha value is -3.67. The molecular weight excluding hydrogens is 1010 g/mol. The maximum atomic E-state index is 13.0. The highest BCUT2D eigenvalue weighted by atomic mass is 16.6. The Labute approximate surface area is 508 Å². The van der Waals surface area contributed by atoms with Crippen LogP contribution in [0.2, 0.25) is 0 Å². The molecule has 0 aromatic rings. The average molecular weight is 1140 g/mol. The van der Waals surface area contributed by atoms with Crippen LogP contribution in [0.1, 0.15) is 348 Å². The fourth-order valence-corrected chi connectivity index (χ4v) is 9.95. The molecule has 472 valence electrons. The van der Waals surface area contributed by atoms with Gasteiger partial charge < -0.3 is 14.2 Å². The van der Waals surface area contributed by atoms with Crippen molar-refractivity contribution >= 4 is 17.9 Å². The smallest absolute Gasteiger partial charge is 0.306 e. The Morgan fingerprint density at radius 2 is 0.451 bits per heavy atom. The summed E-state index contributed by atoms with van der Waals surface area (Å²) in [4.78, 5) is 38.4. The van der Waals surface area contributed by atoms with Crippen molar-refractivity contribution in [1.29, 1.82) is 0 Å². The average Bonchev–Trinajstić information content (AvgIpc) is 3.48. The summed E-state index contributed by atoms with van der Waals surface area (Å²) in [6, 6.07) is 0. The highest BCUT2D eigenvalue weighted by molar-refractivity contribution is 5.71. The van der Waals surface area contributed by atoms with Gasteiger partial charge in [0, 0.05) is 19.3 Å². The molecule has 1 atom stereocenters. The molecule has 0 fully saturated rings. The van der Waals surface area contributed by atoms with Gasteiger partial charge in [-0.05, 0) is 122 Å². The maximum Gasteiger partial charge on any atom is 0.306 e. The van der Waals surface area contributed by atoms with Gasteiger partial charge in [0.25, 0.3) is 0 Å². The van der Waals surface area contributed by atoms with E-state index < -0.39 is 6.10 Å². The Morgan fingerprint density at radius 1 is 0.244 bits per heavy atom. The molecule has 0 heterocycles. The van der Waals surface area contributed by atoms with Crippen LogP contribution < -0.4 is 0 Å². The predicted octanol–water partition coefficient (Wildman–Crippen LogP) is 24.4. The molecule has 0 rings (SSSR count). The third-order valence-electron chi connectivity index (χ3n) is 15.3. The summed E-state index contributed by atoms with van der Waals surface area (Å²) in [7, 11) is 0. The summed E-state index contributed by atoms with van der Waals surface area (Å²) in [6.07, 6.45) is 94.2. The lowest BCUT2D eigenvalue weighted by molar-refractivity contribution is -0.167. The number of allylic oxidation sites excluding steroid dienone is 16. The van der Waals surface area contributed by atoms with E-state index in [9.17, 15) is 14.4 Å². The van der Waals surface area contributed by atoms with Gasteiger partial charge in [-0.2, -0.15) is 0 Å². The second kappa shape index (κ2) is 69.8. The molecule has 0 aliphatic carbocycles. The third kappa shape index (κ3) is 67.1. The zero-order chi connectivity index (χ0) is 59.2. The van der Waals surface area contributed by atoms with Crippen molar-refractivity contribution in [2.75, 3.05) is 13.2 Å². The van der Waals surface area contributed by atoms with Crippen molar-refractivity contribution in [2.24, 2.45) is 0 Å². The van der Waals surface area contributed by atoms with Crippen LogP contribution in [-0.4, -0.2) is 37.2 Å². The lowest BCUT2D eigenvalue weighted by Crippen LogP contribution is -2.30. The first-order chi connectivity index (χ1) is 40.5. The van der Waals surface area contributed by atoms with Gasteiger partial charge in [-0.25, -0.2) is 0 Å². The van der Waals surface area contributed by atoms with E-state index in [1.54, 1.807) is 0 Å². The lowest BCUT2D eigenvalue weighted by Gasteiger charge is -2.18. The highest BCUT2D eigenvalue weighted by Crippen LogP contribution is 2.16. The fourth-order valence-electron chi connectivity index (χ4n) is 9.95. The quantitative estimate of drug-likeness (QED) is 0.0261. The normalized spacial score (nSPS) is 12.7. The van der Waals surface area contributed by atoms with E-state index in [-0.39, 0.29) is 31.1 Å². The largest absolute Gasteiger partial charge is 0.462 e. The molecule has 0 amide bonds. The zero-order valence-corrected chi connectivity index (χ0v) is 54.2. The van der Waals surface area contributed by atoms with Crippen LogP contribution in [0.5, 0.6) is 0 Å². The highest BCUT2D eigenvalue weighted by Gasteiger charge is 2.19. The molecule has 0 aliphatic heterocycles. The Balaban J connectivity index is 4.34. The zero-order valence-electron chi connectivity index (χ0n) is 54.2. The first kappa shape index (κ1) is 78.3. The molecule has 0 aromatic heterocycles. The summed E-state index contributed by atoms with van der Waals surface area (Å²) in [5, 5.41) is 0. The van der Waals surface area contributed by atoms with Gasteiger partial charge in [0.1, 0.15) is 13.2 Å². The third-order valence-corrected chi connectivity index (χ3v) is 15.3. The van der Waals surface area contributed by atoms with Crippen molar-refractivity contribution in [1.82, 2.24) is 0 Å². The predicted molar refractivity (Wildman–Crippen MR) is 357 cm³/mol. The van der Waals surface area contributed by atoms with Gasteiger partial charge in [0.15, 0.2) is 6.10 Å². The van der Waals surface area contributed by atoms with Gasteiger partial charge in [-0.15, -0.1) is 0 Å². The molecule has 6 heteroatoms. The standard InChI is InChI=1S/C76H132O6/c1-4-7-10-13-16-19-22-25-28-30-32-34-36-38-40-42-44-46-48-51-54-57-60-63-66-69-75(78)81-72-73(71-80-74(77)68-65-62-59-56-53-50-27-24-21-18-15-12-9-6-3)82-76(79)70-67-64-61-58-55-52-49-47-45-43-41-39-37-35-33-31-29-26-23-20-17-14-11-8-5-2/h15,18,22-27,30-33,36-39,73H,4-14,16-17,19-21,28-29,34-35,40-72H2,1-3H3/b18-15-,25-22-,26-23-,27-24-,32-30-,33-31-,38-36-,39-37-. The van der Waals surface area contributed by atoms with Crippen LogP contribution in [0.25, 0.3) is 0 Å². The Kier molecular flexibility index (Phi) is 66.7. The number of hydrogen-bond donors (Lipinski definition) is 0. The van der Waals surface area contributed by atoms with Crippen LogP contribution >= 0.6 is 0 Å². The molecular formula is C76H132O6. The second-order valence-electron chi connectivity index (χ2n) is 23.4. The first-order valence-corrected chi connectivity index (χ1v) is 35.2. The summed E-state index contributed by atoms with van der Waals surface area (Å²) >= 11 is 0. The molecule has 0 radical (unpaired) electrons. The van der Waals surface area contributed by atoms with E-state index in [4.69, 9.17) is 14.2 Å². The van der Waals surface area contributed by atoms with Crippen LogP contribution in [0.4, 0.5) is 0 Å². The lowest BCUT2D eigenvalue weighted by atomic mass is 10.0. The van der Waals surface area contributed by atoms with Crippen molar-refractivity contribution < 1.29 is 28.6 Å². The first-order valence-electron chi connectivity index (χ1n) is 35.2. The number of esters is 3. The fraction of sp³-hybridized carbons (Fsp3) is 0.750. The topological polar surface area (TPSA) is 78.9 Å². The maximum absolute atomic E-state index is 13.0. The number of ether oxygens (including phenoxy) is 3. The number of rotatable bonds is 64. The van der Waals surface area contributed by atoms with E-state index in [0.717, 1.165) is 109 Å². The Morgan fingerprint density at radius 3 is 0.720 bits per heavy atom. The minimum absolute atomic E-state index is 0.0849. The minimum atomic E-state index is -0.790. The van der Waals surface area contributed by atoms with Gasteiger partial charge >= 0.3 is 17.9 Å². The van der Waals surface area contributed by atoms with E-state index in [2.05, 4.69) is 118 Å². The summed E-state index contributed by atoms with van der Waals surface area (Å²) in [5.41, 5.74) is 0. The number of unbranched alkanes of at least 4 members (excludes halogenated alkanes) is 37. The monoisotopic (exact) mass is 1140 g/mol. The summed E-state index contributed by atoms with van der Waals surface area (Å²) in [6.45, 7) is 6.59. The minimum Gasteiger partial charge on any atom is -0.462 e. The molecule has 82 heavy (non-hydrogen) atoms. The van der Waals surface area contributed by atoms with Crippen LogP contribution in [0.3, 0.4) is 0 Å². The molecule has 0 bridgehead atoms. The molecule has 0 saturated heterocycles. The molecule has 0 aromatic carbocycles. The van der Waals surface area contributed by atoms with Gasteiger partial charge in [-0.3, -0.25) is 14.4 Å². The van der Waals surface area contributed by atoms with Crippen molar-refractivity contribution in [3.63, 3.8) is 0 Å². The molecule has 0 saturated carbocycles. The second-order valence-corrected chi connectivity index (χ2v) is 23.4. The Bertz CT molecular complexity index is 1590.